The van der Waals surface area contributed by atoms with Crippen LogP contribution in [0.2, 0.25) is 10.0 Å². The maximum Gasteiger partial charge on any atom is 0.180 e. The summed E-state index contributed by atoms with van der Waals surface area (Å²) in [5.74, 6) is 1.14. The van der Waals surface area contributed by atoms with Crippen molar-refractivity contribution in [2.24, 2.45) is 0 Å². The number of nitrogens with zero attached hydrogens (tertiary/aromatic N) is 1. The molecule has 1 aliphatic heterocycles. The fourth-order valence-corrected chi connectivity index (χ4v) is 3.55. The molecule has 0 radical (unpaired) electrons. The Morgan fingerprint density at radius 3 is 2.50 bits per heavy atom. The van der Waals surface area contributed by atoms with Crippen LogP contribution in [0.25, 0.3) is 0 Å². The van der Waals surface area contributed by atoms with E-state index < -0.39 is 0 Å². The molecule has 0 unspecified atom stereocenters. The average Bonchev–Trinajstić information content (AvgIpc) is 2.72. The molecule has 1 N–H and O–H groups in total. The molecule has 5 nitrogen and oxygen atoms in total. The molecule has 0 amide bonds. The van der Waals surface area contributed by atoms with E-state index in [1.807, 2.05) is 36.4 Å². The number of hydrogen-bond acceptors (Lipinski definition) is 5. The van der Waals surface area contributed by atoms with Crippen LogP contribution < -0.4 is 14.8 Å². The van der Waals surface area contributed by atoms with Gasteiger partial charge in [0.05, 0.1) is 25.3 Å². The Balaban J connectivity index is 0.00000225. The Morgan fingerprint density at radius 1 is 1.07 bits per heavy atom. The van der Waals surface area contributed by atoms with E-state index in [0.29, 0.717) is 34.7 Å². The number of rotatable bonds is 9. The molecule has 1 saturated heterocycles. The van der Waals surface area contributed by atoms with Gasteiger partial charge in [-0.1, -0.05) is 41.4 Å². The van der Waals surface area contributed by atoms with Crippen molar-refractivity contribution in [2.45, 2.75) is 13.2 Å². The normalized spacial score (nSPS) is 13.8. The van der Waals surface area contributed by atoms with Crippen LogP contribution in [0.3, 0.4) is 0 Å². The molecule has 0 saturated carbocycles. The van der Waals surface area contributed by atoms with Crippen molar-refractivity contribution in [3.63, 3.8) is 0 Å². The third-order valence-electron chi connectivity index (χ3n) is 4.66. The van der Waals surface area contributed by atoms with Crippen molar-refractivity contribution in [2.75, 3.05) is 46.5 Å². The van der Waals surface area contributed by atoms with Gasteiger partial charge in [0.15, 0.2) is 11.5 Å². The Bertz CT molecular complexity index is 774. The van der Waals surface area contributed by atoms with Gasteiger partial charge < -0.3 is 19.5 Å². The molecule has 0 aliphatic carbocycles. The SMILES string of the molecule is COc1cc(CNCCN2CCOCC2)cc(Cl)c1OCc1ccccc1Cl.Cl.Cl. The average molecular weight is 498 g/mol. The summed E-state index contributed by atoms with van der Waals surface area (Å²) in [6.45, 7) is 6.60. The molecule has 0 atom stereocenters. The van der Waals surface area contributed by atoms with E-state index in [9.17, 15) is 0 Å². The second-order valence-electron chi connectivity index (χ2n) is 6.62. The van der Waals surface area contributed by atoms with Crippen molar-refractivity contribution < 1.29 is 14.2 Å². The van der Waals surface area contributed by atoms with Gasteiger partial charge in [-0.3, -0.25) is 4.90 Å². The van der Waals surface area contributed by atoms with Gasteiger partial charge in [-0.15, -0.1) is 24.8 Å². The van der Waals surface area contributed by atoms with Crippen LogP contribution in [0.15, 0.2) is 36.4 Å². The second-order valence-corrected chi connectivity index (χ2v) is 7.43. The van der Waals surface area contributed by atoms with E-state index in [1.165, 1.54) is 0 Å². The first-order chi connectivity index (χ1) is 13.7. The molecule has 3 rings (SSSR count). The van der Waals surface area contributed by atoms with Crippen LogP contribution >= 0.6 is 48.0 Å². The molecule has 2 aromatic carbocycles. The summed E-state index contributed by atoms with van der Waals surface area (Å²) in [6, 6.07) is 11.4. The predicted molar refractivity (Wildman–Crippen MR) is 127 cm³/mol. The van der Waals surface area contributed by atoms with Crippen LogP contribution in [0.5, 0.6) is 11.5 Å². The number of morpholine rings is 1. The number of ether oxygens (including phenoxy) is 3. The third-order valence-corrected chi connectivity index (χ3v) is 5.31. The quantitative estimate of drug-likeness (QED) is 0.502. The van der Waals surface area contributed by atoms with E-state index in [0.717, 1.165) is 50.5 Å². The lowest BCUT2D eigenvalue weighted by Crippen LogP contribution is -2.40. The fourth-order valence-electron chi connectivity index (χ4n) is 3.08. The number of halogens is 4. The molecule has 9 heteroatoms. The summed E-state index contributed by atoms with van der Waals surface area (Å²) in [7, 11) is 1.61. The number of methoxy groups -OCH3 is 1. The van der Waals surface area contributed by atoms with Crippen molar-refractivity contribution in [1.82, 2.24) is 10.2 Å². The van der Waals surface area contributed by atoms with Crippen LogP contribution in [-0.2, 0) is 17.9 Å². The first kappa shape index (κ1) is 27.1. The topological polar surface area (TPSA) is 43.0 Å². The van der Waals surface area contributed by atoms with Crippen molar-refractivity contribution in [1.29, 1.82) is 0 Å². The zero-order chi connectivity index (χ0) is 19.8. The molecule has 2 aromatic rings. The molecular weight excluding hydrogens is 470 g/mol. The van der Waals surface area contributed by atoms with Gasteiger partial charge in [-0.2, -0.15) is 0 Å². The summed E-state index contributed by atoms with van der Waals surface area (Å²) < 4.78 is 16.8. The summed E-state index contributed by atoms with van der Waals surface area (Å²) in [5, 5.41) is 4.65. The van der Waals surface area contributed by atoms with Crippen LogP contribution in [0.4, 0.5) is 0 Å². The summed E-state index contributed by atoms with van der Waals surface area (Å²) in [4.78, 5) is 2.40. The molecule has 0 bridgehead atoms. The van der Waals surface area contributed by atoms with Crippen LogP contribution in [0.1, 0.15) is 11.1 Å². The maximum absolute atomic E-state index is 6.47. The van der Waals surface area contributed by atoms with Gasteiger partial charge in [-0.25, -0.2) is 0 Å². The molecule has 0 aromatic heterocycles. The Kier molecular flexibility index (Phi) is 12.8. The maximum atomic E-state index is 6.47. The third kappa shape index (κ3) is 7.97. The first-order valence-corrected chi connectivity index (χ1v) is 10.2. The minimum absolute atomic E-state index is 0. The minimum atomic E-state index is 0. The predicted octanol–water partition coefficient (Wildman–Crippen LogP) is 4.85. The smallest absolute Gasteiger partial charge is 0.180 e. The Morgan fingerprint density at radius 2 is 1.80 bits per heavy atom. The van der Waals surface area contributed by atoms with E-state index in [4.69, 9.17) is 37.4 Å². The zero-order valence-electron chi connectivity index (χ0n) is 16.9. The lowest BCUT2D eigenvalue weighted by Gasteiger charge is -2.26. The largest absolute Gasteiger partial charge is 0.493 e. The highest BCUT2D eigenvalue weighted by molar-refractivity contribution is 6.32. The van der Waals surface area contributed by atoms with Crippen molar-refractivity contribution in [3.05, 3.63) is 57.6 Å². The molecule has 168 valence electrons. The van der Waals surface area contributed by atoms with E-state index in [-0.39, 0.29) is 24.8 Å². The number of hydrogen-bond donors (Lipinski definition) is 1. The highest BCUT2D eigenvalue weighted by Gasteiger charge is 2.14. The molecule has 30 heavy (non-hydrogen) atoms. The minimum Gasteiger partial charge on any atom is -0.493 e. The lowest BCUT2D eigenvalue weighted by molar-refractivity contribution is 0.0384. The van der Waals surface area contributed by atoms with E-state index in [2.05, 4.69) is 10.2 Å². The zero-order valence-corrected chi connectivity index (χ0v) is 20.0. The summed E-state index contributed by atoms with van der Waals surface area (Å²) >= 11 is 12.7. The van der Waals surface area contributed by atoms with Gasteiger partial charge >= 0.3 is 0 Å². The summed E-state index contributed by atoms with van der Waals surface area (Å²) in [5.41, 5.74) is 1.95. The van der Waals surface area contributed by atoms with Gasteiger partial charge in [0.1, 0.15) is 6.61 Å². The molecule has 1 heterocycles. The molecular formula is C21H28Cl4N2O3. The highest BCUT2D eigenvalue weighted by Crippen LogP contribution is 2.37. The standard InChI is InChI=1S/C21H26Cl2N2O3.2ClH/c1-26-20-13-16(14-24-6-7-25-8-10-27-11-9-25)12-19(23)21(20)28-15-17-4-2-3-5-18(17)22;;/h2-5,12-13,24H,6-11,14-15H2,1H3;2*1H. The lowest BCUT2D eigenvalue weighted by atomic mass is 10.2. The van der Waals surface area contributed by atoms with Crippen LogP contribution in [-0.4, -0.2) is 51.4 Å². The number of nitrogens with one attached hydrogen (secondary N) is 1. The molecule has 1 fully saturated rings. The Hall–Kier alpha value is -0.920. The first-order valence-electron chi connectivity index (χ1n) is 9.41. The van der Waals surface area contributed by atoms with Gasteiger partial charge in [-0.05, 0) is 23.8 Å². The van der Waals surface area contributed by atoms with Gasteiger partial charge in [0.25, 0.3) is 0 Å². The monoisotopic (exact) mass is 496 g/mol. The van der Waals surface area contributed by atoms with E-state index in [1.54, 1.807) is 7.11 Å². The van der Waals surface area contributed by atoms with Gasteiger partial charge in [0.2, 0.25) is 0 Å². The molecule has 1 aliphatic rings. The highest BCUT2D eigenvalue weighted by atomic mass is 35.5. The summed E-state index contributed by atoms with van der Waals surface area (Å²) in [6.07, 6.45) is 0. The second kappa shape index (κ2) is 14.2. The fraction of sp³-hybridized carbons (Fsp3) is 0.429. The number of benzene rings is 2. The van der Waals surface area contributed by atoms with Crippen LogP contribution in [0, 0.1) is 0 Å². The van der Waals surface area contributed by atoms with Crippen molar-refractivity contribution >= 4 is 48.0 Å². The van der Waals surface area contributed by atoms with Crippen molar-refractivity contribution in [3.8, 4) is 11.5 Å². The van der Waals surface area contributed by atoms with Gasteiger partial charge in [0, 0.05) is 43.3 Å². The molecule has 0 spiro atoms. The Labute approximate surface area is 200 Å². The van der Waals surface area contributed by atoms with E-state index >= 15 is 0 Å².